The standard InChI is InChI=1S/C14H23ClN2OS/c1-3-18-14(7-4-10(2)5-8-14)13(17-16)12-11(15)6-9-19-12/h6,9-10,13,17H,3-5,7-8,16H2,1-2H3. The van der Waals surface area contributed by atoms with Crippen LogP contribution >= 0.6 is 22.9 Å². The lowest BCUT2D eigenvalue weighted by atomic mass is 9.75. The van der Waals surface area contributed by atoms with Crippen LogP contribution in [-0.4, -0.2) is 12.2 Å². The van der Waals surface area contributed by atoms with Crippen LogP contribution in [0.4, 0.5) is 0 Å². The first-order valence-corrected chi connectivity index (χ1v) is 8.21. The molecule has 0 amide bonds. The number of rotatable bonds is 5. The van der Waals surface area contributed by atoms with E-state index >= 15 is 0 Å². The Kier molecular flexibility index (Phi) is 5.26. The van der Waals surface area contributed by atoms with E-state index in [2.05, 4.69) is 12.3 Å². The maximum Gasteiger partial charge on any atom is 0.0897 e. The highest BCUT2D eigenvalue weighted by molar-refractivity contribution is 7.10. The van der Waals surface area contributed by atoms with E-state index in [0.29, 0.717) is 6.61 Å². The summed E-state index contributed by atoms with van der Waals surface area (Å²) in [7, 11) is 0. The molecular weight excluding hydrogens is 280 g/mol. The Bertz CT molecular complexity index is 402. The Hall–Kier alpha value is -0.130. The van der Waals surface area contributed by atoms with E-state index in [0.717, 1.165) is 28.7 Å². The average molecular weight is 303 g/mol. The molecule has 1 aromatic rings. The minimum Gasteiger partial charge on any atom is -0.373 e. The number of thiophene rings is 1. The normalized spacial score (nSPS) is 29.4. The van der Waals surface area contributed by atoms with Crippen LogP contribution in [0.1, 0.15) is 50.4 Å². The minimum atomic E-state index is -0.218. The Morgan fingerprint density at radius 3 is 2.74 bits per heavy atom. The van der Waals surface area contributed by atoms with Gasteiger partial charge in [-0.1, -0.05) is 18.5 Å². The van der Waals surface area contributed by atoms with Gasteiger partial charge in [0.1, 0.15) is 0 Å². The molecule has 0 radical (unpaired) electrons. The van der Waals surface area contributed by atoms with Crippen molar-refractivity contribution in [3.05, 3.63) is 21.3 Å². The number of halogens is 1. The van der Waals surface area contributed by atoms with Crippen LogP contribution < -0.4 is 11.3 Å². The monoisotopic (exact) mass is 302 g/mol. The van der Waals surface area contributed by atoms with Gasteiger partial charge in [-0.05, 0) is 50.0 Å². The maximum absolute atomic E-state index is 6.28. The predicted molar refractivity (Wildman–Crippen MR) is 81.4 cm³/mol. The summed E-state index contributed by atoms with van der Waals surface area (Å²) in [6.07, 6.45) is 4.43. The summed E-state index contributed by atoms with van der Waals surface area (Å²) in [5.41, 5.74) is 2.74. The van der Waals surface area contributed by atoms with Crippen LogP contribution in [0.15, 0.2) is 11.4 Å². The molecule has 0 spiro atoms. The largest absolute Gasteiger partial charge is 0.373 e. The highest BCUT2D eigenvalue weighted by atomic mass is 35.5. The van der Waals surface area contributed by atoms with Crippen molar-refractivity contribution < 1.29 is 4.74 Å². The molecular formula is C14H23ClN2OS. The van der Waals surface area contributed by atoms with Gasteiger partial charge in [-0.25, -0.2) is 5.43 Å². The first-order valence-electron chi connectivity index (χ1n) is 6.96. The van der Waals surface area contributed by atoms with Crippen molar-refractivity contribution in [1.82, 2.24) is 5.43 Å². The summed E-state index contributed by atoms with van der Waals surface area (Å²) in [4.78, 5) is 1.09. The molecule has 1 fully saturated rings. The summed E-state index contributed by atoms with van der Waals surface area (Å²) in [6.45, 7) is 5.05. The molecule has 3 N–H and O–H groups in total. The van der Waals surface area contributed by atoms with Gasteiger partial charge in [0.25, 0.3) is 0 Å². The van der Waals surface area contributed by atoms with E-state index < -0.39 is 0 Å². The van der Waals surface area contributed by atoms with Crippen molar-refractivity contribution in [2.24, 2.45) is 11.8 Å². The highest BCUT2D eigenvalue weighted by Gasteiger charge is 2.43. The lowest BCUT2D eigenvalue weighted by Crippen LogP contribution is -2.50. The zero-order chi connectivity index (χ0) is 13.9. The summed E-state index contributed by atoms with van der Waals surface area (Å²) in [6, 6.07) is 1.91. The van der Waals surface area contributed by atoms with Gasteiger partial charge < -0.3 is 4.74 Å². The van der Waals surface area contributed by atoms with Gasteiger partial charge in [0.15, 0.2) is 0 Å². The van der Waals surface area contributed by atoms with Crippen LogP contribution in [0.25, 0.3) is 0 Å². The molecule has 2 rings (SSSR count). The molecule has 1 heterocycles. The molecule has 1 atom stereocenters. The summed E-state index contributed by atoms with van der Waals surface area (Å²) < 4.78 is 6.16. The number of hydrogen-bond acceptors (Lipinski definition) is 4. The first kappa shape index (κ1) is 15.3. The van der Waals surface area contributed by atoms with Gasteiger partial charge in [0.2, 0.25) is 0 Å². The van der Waals surface area contributed by atoms with Crippen molar-refractivity contribution >= 4 is 22.9 Å². The van der Waals surface area contributed by atoms with Crippen molar-refractivity contribution in [2.75, 3.05) is 6.61 Å². The SMILES string of the molecule is CCOC1(C(NN)c2sccc2Cl)CCC(C)CC1. The number of nitrogens with one attached hydrogen (secondary N) is 1. The molecule has 108 valence electrons. The van der Waals surface area contributed by atoms with E-state index in [1.54, 1.807) is 11.3 Å². The lowest BCUT2D eigenvalue weighted by molar-refractivity contribution is -0.0969. The smallest absolute Gasteiger partial charge is 0.0897 e. The van der Waals surface area contributed by atoms with Crippen molar-refractivity contribution in [1.29, 1.82) is 0 Å². The summed E-state index contributed by atoms with van der Waals surface area (Å²) in [5, 5.41) is 2.79. The zero-order valence-electron chi connectivity index (χ0n) is 11.6. The molecule has 0 aromatic carbocycles. The Morgan fingerprint density at radius 1 is 1.58 bits per heavy atom. The van der Waals surface area contributed by atoms with Crippen molar-refractivity contribution in [2.45, 2.75) is 51.2 Å². The third-order valence-corrected chi connectivity index (χ3v) is 5.58. The Balaban J connectivity index is 2.28. The van der Waals surface area contributed by atoms with Crippen LogP contribution in [0, 0.1) is 5.92 Å². The number of hydrogen-bond donors (Lipinski definition) is 2. The van der Waals surface area contributed by atoms with Crippen LogP contribution in [-0.2, 0) is 4.74 Å². The maximum atomic E-state index is 6.28. The zero-order valence-corrected chi connectivity index (χ0v) is 13.2. The fraction of sp³-hybridized carbons (Fsp3) is 0.714. The van der Waals surface area contributed by atoms with E-state index in [4.69, 9.17) is 22.2 Å². The second-order valence-electron chi connectivity index (χ2n) is 5.41. The van der Waals surface area contributed by atoms with Crippen molar-refractivity contribution in [3.63, 3.8) is 0 Å². The van der Waals surface area contributed by atoms with E-state index in [1.165, 1.54) is 12.8 Å². The molecule has 1 aromatic heterocycles. The first-order chi connectivity index (χ1) is 9.13. The van der Waals surface area contributed by atoms with Gasteiger partial charge in [-0.15, -0.1) is 11.3 Å². The molecule has 1 saturated carbocycles. The molecule has 3 nitrogen and oxygen atoms in total. The van der Waals surface area contributed by atoms with Crippen LogP contribution in [0.3, 0.4) is 0 Å². The fourth-order valence-corrected chi connectivity index (χ4v) is 4.36. The van der Waals surface area contributed by atoms with Gasteiger partial charge in [0, 0.05) is 11.5 Å². The van der Waals surface area contributed by atoms with Gasteiger partial charge >= 0.3 is 0 Å². The third kappa shape index (κ3) is 3.14. The van der Waals surface area contributed by atoms with Gasteiger partial charge in [-0.3, -0.25) is 5.84 Å². The number of ether oxygens (including phenoxy) is 1. The number of nitrogens with two attached hydrogens (primary N) is 1. The molecule has 0 aliphatic heterocycles. The molecule has 1 unspecified atom stereocenters. The highest BCUT2D eigenvalue weighted by Crippen LogP contribution is 2.45. The van der Waals surface area contributed by atoms with Gasteiger partial charge in [0.05, 0.1) is 16.7 Å². The second kappa shape index (κ2) is 6.55. The summed E-state index contributed by atoms with van der Waals surface area (Å²) in [5.74, 6) is 6.60. The Labute approximate surface area is 124 Å². The van der Waals surface area contributed by atoms with E-state index in [1.807, 2.05) is 18.4 Å². The van der Waals surface area contributed by atoms with E-state index in [9.17, 15) is 0 Å². The molecule has 19 heavy (non-hydrogen) atoms. The lowest BCUT2D eigenvalue weighted by Gasteiger charge is -2.44. The molecule has 5 heteroatoms. The average Bonchev–Trinajstić information content (AvgIpc) is 2.81. The summed E-state index contributed by atoms with van der Waals surface area (Å²) >= 11 is 7.93. The van der Waals surface area contributed by atoms with Crippen LogP contribution in [0.5, 0.6) is 0 Å². The second-order valence-corrected chi connectivity index (χ2v) is 6.77. The fourth-order valence-electron chi connectivity index (χ4n) is 3.03. The Morgan fingerprint density at radius 2 is 2.26 bits per heavy atom. The molecule has 1 aliphatic rings. The third-order valence-electron chi connectivity index (χ3n) is 4.15. The van der Waals surface area contributed by atoms with Crippen molar-refractivity contribution in [3.8, 4) is 0 Å². The van der Waals surface area contributed by atoms with Crippen LogP contribution in [0.2, 0.25) is 5.02 Å². The topological polar surface area (TPSA) is 47.3 Å². The van der Waals surface area contributed by atoms with E-state index in [-0.39, 0.29) is 11.6 Å². The quantitative estimate of drug-likeness (QED) is 0.641. The predicted octanol–water partition coefficient (Wildman–Crippen LogP) is 3.89. The van der Waals surface area contributed by atoms with Gasteiger partial charge in [-0.2, -0.15) is 0 Å². The molecule has 1 aliphatic carbocycles. The molecule has 0 bridgehead atoms. The minimum absolute atomic E-state index is 0.0209. The number of hydrazine groups is 1. The molecule has 0 saturated heterocycles.